The van der Waals surface area contributed by atoms with Crippen molar-refractivity contribution in [1.29, 1.82) is 0 Å². The van der Waals surface area contributed by atoms with Gasteiger partial charge in [-0.1, -0.05) is 23.8 Å². The maximum atomic E-state index is 13.1. The minimum Gasteiger partial charge on any atom is -0.362 e. The lowest BCUT2D eigenvalue weighted by molar-refractivity contribution is -0.115. The Morgan fingerprint density at radius 2 is 2.14 bits per heavy atom. The molecule has 0 radical (unpaired) electrons. The van der Waals surface area contributed by atoms with Gasteiger partial charge >= 0.3 is 0 Å². The molecule has 3 nitrogen and oxygen atoms in total. The number of anilines is 2. The molecule has 1 aliphatic heterocycles. The van der Waals surface area contributed by atoms with Crippen LogP contribution in [0.1, 0.15) is 17.5 Å². The zero-order valence-corrected chi connectivity index (χ0v) is 12.6. The highest BCUT2D eigenvalue weighted by Gasteiger charge is 2.19. The number of amides is 1. The van der Waals surface area contributed by atoms with Crippen LogP contribution in [0.25, 0.3) is 0 Å². The monoisotopic (exact) mass is 298 g/mol. The molecule has 0 aliphatic carbocycles. The van der Waals surface area contributed by atoms with Gasteiger partial charge in [0.2, 0.25) is 5.91 Å². The minimum atomic E-state index is -0.350. The van der Waals surface area contributed by atoms with Crippen LogP contribution in [0, 0.1) is 12.7 Å². The molecule has 1 amide bonds. The Balaban J connectivity index is 1.70. The number of hydrogen-bond donors (Lipinski definition) is 1. The van der Waals surface area contributed by atoms with Gasteiger partial charge in [-0.2, -0.15) is 0 Å². The maximum absolute atomic E-state index is 13.1. The average molecular weight is 298 g/mol. The minimum absolute atomic E-state index is 0.126. The Bertz CT molecular complexity index is 699. The number of hydrogen-bond acceptors (Lipinski definition) is 2. The van der Waals surface area contributed by atoms with Crippen molar-refractivity contribution in [3.05, 3.63) is 59.4 Å². The molecule has 0 aromatic heterocycles. The van der Waals surface area contributed by atoms with Crippen molar-refractivity contribution < 1.29 is 9.18 Å². The van der Waals surface area contributed by atoms with E-state index in [1.165, 1.54) is 23.3 Å². The molecular weight excluding hydrogens is 279 g/mol. The highest BCUT2D eigenvalue weighted by Crippen LogP contribution is 2.27. The number of carbonyl (C=O) groups is 1. The molecule has 1 aliphatic rings. The van der Waals surface area contributed by atoms with Crippen LogP contribution in [0.4, 0.5) is 15.8 Å². The number of fused-ring (bicyclic) bond motifs is 1. The lowest BCUT2D eigenvalue weighted by atomic mass is 9.99. The fraction of sp³-hybridized carbons (Fsp3) is 0.278. The van der Waals surface area contributed by atoms with E-state index in [1.54, 1.807) is 12.1 Å². The van der Waals surface area contributed by atoms with Crippen molar-refractivity contribution in [2.45, 2.75) is 19.8 Å². The third-order valence-electron chi connectivity index (χ3n) is 3.89. The van der Waals surface area contributed by atoms with Gasteiger partial charge < -0.3 is 10.2 Å². The number of nitrogens with zero attached hydrogens (tertiary/aromatic N) is 1. The fourth-order valence-corrected chi connectivity index (χ4v) is 2.91. The first-order valence-electron chi connectivity index (χ1n) is 7.52. The van der Waals surface area contributed by atoms with E-state index < -0.39 is 0 Å². The molecule has 2 aromatic carbocycles. The van der Waals surface area contributed by atoms with Gasteiger partial charge in [0.1, 0.15) is 5.82 Å². The Morgan fingerprint density at radius 3 is 2.95 bits per heavy atom. The number of rotatable bonds is 3. The van der Waals surface area contributed by atoms with E-state index in [2.05, 4.69) is 35.3 Å². The summed E-state index contributed by atoms with van der Waals surface area (Å²) in [5.41, 5.74) is 4.16. The van der Waals surface area contributed by atoms with Crippen molar-refractivity contribution in [2.24, 2.45) is 0 Å². The lowest BCUT2D eigenvalue weighted by Gasteiger charge is -2.31. The normalized spacial score (nSPS) is 13.6. The van der Waals surface area contributed by atoms with Gasteiger partial charge in [-0.25, -0.2) is 4.39 Å². The molecule has 4 heteroatoms. The van der Waals surface area contributed by atoms with E-state index in [1.807, 2.05) is 0 Å². The number of carbonyl (C=O) groups excluding carboxylic acids is 1. The standard InChI is InChI=1S/C18H19FN2O/c1-13-7-8-17-14(10-13)4-3-9-21(17)12-18(22)20-16-6-2-5-15(19)11-16/h2,5-8,10-11H,3-4,9,12H2,1H3,(H,20,22). The van der Waals surface area contributed by atoms with Gasteiger partial charge in [0.25, 0.3) is 0 Å². The SMILES string of the molecule is Cc1ccc2c(c1)CCCN2CC(=O)Nc1cccc(F)c1. The highest BCUT2D eigenvalue weighted by atomic mass is 19.1. The second-order valence-electron chi connectivity index (χ2n) is 5.72. The summed E-state index contributed by atoms with van der Waals surface area (Å²) in [6, 6.07) is 12.3. The highest BCUT2D eigenvalue weighted by molar-refractivity contribution is 5.94. The third-order valence-corrected chi connectivity index (χ3v) is 3.89. The molecule has 114 valence electrons. The van der Waals surface area contributed by atoms with E-state index >= 15 is 0 Å². The molecule has 0 bridgehead atoms. The second-order valence-corrected chi connectivity index (χ2v) is 5.72. The van der Waals surface area contributed by atoms with E-state index in [-0.39, 0.29) is 18.3 Å². The van der Waals surface area contributed by atoms with E-state index in [9.17, 15) is 9.18 Å². The van der Waals surface area contributed by atoms with Crippen molar-refractivity contribution >= 4 is 17.3 Å². The molecule has 0 saturated carbocycles. The molecule has 0 saturated heterocycles. The van der Waals surface area contributed by atoms with Crippen LogP contribution in [-0.2, 0) is 11.2 Å². The van der Waals surface area contributed by atoms with Gasteiger partial charge in [0, 0.05) is 17.9 Å². The van der Waals surface area contributed by atoms with Crippen molar-refractivity contribution in [1.82, 2.24) is 0 Å². The first-order valence-corrected chi connectivity index (χ1v) is 7.52. The van der Waals surface area contributed by atoms with Gasteiger partial charge in [-0.05, 0) is 49.6 Å². The molecule has 3 rings (SSSR count). The van der Waals surface area contributed by atoms with Crippen LogP contribution in [0.2, 0.25) is 0 Å². The number of nitrogens with one attached hydrogen (secondary N) is 1. The summed E-state index contributed by atoms with van der Waals surface area (Å²) in [6.45, 7) is 3.23. The molecule has 0 unspecified atom stereocenters. The Morgan fingerprint density at radius 1 is 1.27 bits per heavy atom. The molecule has 22 heavy (non-hydrogen) atoms. The summed E-state index contributed by atoms with van der Waals surface area (Å²) >= 11 is 0. The lowest BCUT2D eigenvalue weighted by Crippen LogP contribution is -2.36. The summed E-state index contributed by atoms with van der Waals surface area (Å²) in [7, 11) is 0. The quantitative estimate of drug-likeness (QED) is 0.940. The van der Waals surface area contributed by atoms with Gasteiger partial charge in [-0.3, -0.25) is 4.79 Å². The molecule has 1 N–H and O–H groups in total. The summed E-state index contributed by atoms with van der Waals surface area (Å²) in [6.07, 6.45) is 2.10. The maximum Gasteiger partial charge on any atom is 0.243 e. The van der Waals surface area contributed by atoms with Crippen molar-refractivity contribution in [2.75, 3.05) is 23.3 Å². The molecule has 1 heterocycles. The summed E-state index contributed by atoms with van der Waals surface area (Å²) in [5, 5.41) is 2.75. The Hall–Kier alpha value is -2.36. The zero-order chi connectivity index (χ0) is 15.5. The summed E-state index contributed by atoms with van der Waals surface area (Å²) < 4.78 is 13.1. The summed E-state index contributed by atoms with van der Waals surface area (Å²) in [5.74, 6) is -0.476. The molecule has 0 spiro atoms. The largest absolute Gasteiger partial charge is 0.362 e. The predicted octanol–water partition coefficient (Wildman–Crippen LogP) is 3.53. The van der Waals surface area contributed by atoms with Crippen LogP contribution in [-0.4, -0.2) is 19.0 Å². The van der Waals surface area contributed by atoms with Crippen LogP contribution in [0.3, 0.4) is 0 Å². The summed E-state index contributed by atoms with van der Waals surface area (Å²) in [4.78, 5) is 14.3. The van der Waals surface area contributed by atoms with Gasteiger partial charge in [0.15, 0.2) is 0 Å². The number of aryl methyl sites for hydroxylation is 2. The third kappa shape index (κ3) is 3.27. The predicted molar refractivity (Wildman–Crippen MR) is 86.7 cm³/mol. The molecule has 0 atom stereocenters. The second kappa shape index (κ2) is 6.18. The number of halogens is 1. The van der Waals surface area contributed by atoms with Crippen molar-refractivity contribution in [3.8, 4) is 0 Å². The van der Waals surface area contributed by atoms with Crippen LogP contribution < -0.4 is 10.2 Å². The van der Waals surface area contributed by atoms with Gasteiger partial charge in [0.05, 0.1) is 6.54 Å². The fourth-order valence-electron chi connectivity index (χ4n) is 2.91. The smallest absolute Gasteiger partial charge is 0.243 e. The molecule has 2 aromatic rings. The Labute approximate surface area is 129 Å². The Kier molecular flexibility index (Phi) is 4.09. The van der Waals surface area contributed by atoms with E-state index in [0.717, 1.165) is 25.1 Å². The topological polar surface area (TPSA) is 32.3 Å². The van der Waals surface area contributed by atoms with Gasteiger partial charge in [-0.15, -0.1) is 0 Å². The van der Waals surface area contributed by atoms with Crippen LogP contribution in [0.5, 0.6) is 0 Å². The van der Waals surface area contributed by atoms with Crippen molar-refractivity contribution in [3.63, 3.8) is 0 Å². The first kappa shape index (κ1) is 14.6. The van der Waals surface area contributed by atoms with E-state index in [0.29, 0.717) is 5.69 Å². The van der Waals surface area contributed by atoms with E-state index in [4.69, 9.17) is 0 Å². The number of benzene rings is 2. The first-order chi connectivity index (χ1) is 10.6. The molecule has 0 fully saturated rings. The van der Waals surface area contributed by atoms with Crippen LogP contribution >= 0.6 is 0 Å². The zero-order valence-electron chi connectivity index (χ0n) is 12.6. The average Bonchev–Trinajstić information content (AvgIpc) is 2.47. The molecular formula is C18H19FN2O. The van der Waals surface area contributed by atoms with Crippen LogP contribution in [0.15, 0.2) is 42.5 Å².